The van der Waals surface area contributed by atoms with E-state index in [0.717, 1.165) is 18.5 Å². The van der Waals surface area contributed by atoms with Crippen molar-refractivity contribution in [2.45, 2.75) is 38.5 Å². The molecule has 2 heteroatoms. The van der Waals surface area contributed by atoms with Gasteiger partial charge in [0.05, 0.1) is 0 Å². The van der Waals surface area contributed by atoms with Crippen molar-refractivity contribution in [3.63, 3.8) is 0 Å². The van der Waals surface area contributed by atoms with E-state index in [1.165, 1.54) is 24.0 Å². The molecule has 1 aliphatic rings. The molecule has 0 radical (unpaired) electrons. The predicted octanol–water partition coefficient (Wildman–Crippen LogP) is 4.99. The van der Waals surface area contributed by atoms with Crippen LogP contribution < -0.4 is 4.90 Å². The Bertz CT molecular complexity index is 665. The largest absolute Gasteiger partial charge is 0.315 e. The van der Waals surface area contributed by atoms with E-state index in [9.17, 15) is 4.79 Å². The summed E-state index contributed by atoms with van der Waals surface area (Å²) in [5, 5.41) is 0. The van der Waals surface area contributed by atoms with E-state index in [0.29, 0.717) is 0 Å². The number of carbonyl (C=O) groups is 1. The molecular weight excluding hydrogens is 282 g/mol. The molecule has 0 N–H and O–H groups in total. The lowest BCUT2D eigenvalue weighted by Gasteiger charge is -2.38. The zero-order valence-electron chi connectivity index (χ0n) is 14.0. The molecule has 2 unspecified atom stereocenters. The number of nitrogens with zero attached hydrogens (tertiary/aromatic N) is 1. The molecule has 120 valence electrons. The topological polar surface area (TPSA) is 20.3 Å². The summed E-state index contributed by atoms with van der Waals surface area (Å²) in [4.78, 5) is 14.8. The van der Waals surface area contributed by atoms with Crippen LogP contribution in [0.25, 0.3) is 0 Å². The van der Waals surface area contributed by atoms with E-state index in [-0.39, 0.29) is 17.7 Å². The lowest BCUT2D eigenvalue weighted by molar-refractivity contribution is -0.123. The van der Waals surface area contributed by atoms with E-state index >= 15 is 0 Å². The van der Waals surface area contributed by atoms with Crippen molar-refractivity contribution in [2.24, 2.45) is 5.92 Å². The second-order valence-electron chi connectivity index (χ2n) is 6.45. The van der Waals surface area contributed by atoms with Crippen LogP contribution in [0.1, 0.15) is 49.7 Å². The highest BCUT2D eigenvalue weighted by molar-refractivity contribution is 5.99. The summed E-state index contributed by atoms with van der Waals surface area (Å²) >= 11 is 0. The molecule has 1 heterocycles. The van der Waals surface area contributed by atoms with Crippen molar-refractivity contribution in [3.8, 4) is 0 Å². The van der Waals surface area contributed by atoms with Crippen molar-refractivity contribution in [2.75, 3.05) is 11.9 Å². The lowest BCUT2D eigenvalue weighted by atomic mass is 9.74. The second kappa shape index (κ2) is 6.99. The van der Waals surface area contributed by atoms with E-state index in [4.69, 9.17) is 0 Å². The Morgan fingerprint density at radius 3 is 2.39 bits per heavy atom. The van der Waals surface area contributed by atoms with Gasteiger partial charge in [-0.3, -0.25) is 4.79 Å². The zero-order chi connectivity index (χ0) is 16.2. The molecule has 0 saturated carbocycles. The van der Waals surface area contributed by atoms with Gasteiger partial charge in [0.2, 0.25) is 5.91 Å². The molecular formula is C21H25NO. The highest BCUT2D eigenvalue weighted by Crippen LogP contribution is 2.44. The van der Waals surface area contributed by atoms with Crippen molar-refractivity contribution in [1.29, 1.82) is 0 Å². The van der Waals surface area contributed by atoms with Crippen molar-refractivity contribution in [1.82, 2.24) is 0 Å². The fraction of sp³-hybridized carbons (Fsp3) is 0.381. The Morgan fingerprint density at radius 2 is 1.65 bits per heavy atom. The number of unbranched alkanes of at least 4 members (excludes halogenated alkanes) is 2. The normalized spacial score (nSPS) is 20.4. The molecule has 2 atom stereocenters. The van der Waals surface area contributed by atoms with Crippen LogP contribution in [0.2, 0.25) is 0 Å². The Morgan fingerprint density at radius 1 is 0.957 bits per heavy atom. The van der Waals surface area contributed by atoms with Crippen molar-refractivity contribution >= 4 is 11.6 Å². The third kappa shape index (κ3) is 3.03. The number of carbonyl (C=O) groups excluding carboxylic acids is 1. The summed E-state index contributed by atoms with van der Waals surface area (Å²) in [5.74, 6) is 0.477. The van der Waals surface area contributed by atoms with Gasteiger partial charge in [-0.1, -0.05) is 74.7 Å². The van der Waals surface area contributed by atoms with Crippen LogP contribution in [0.4, 0.5) is 5.69 Å². The molecule has 0 saturated heterocycles. The maximum atomic E-state index is 13.0. The van der Waals surface area contributed by atoms with Crippen LogP contribution in [-0.2, 0) is 4.79 Å². The third-order valence-electron chi connectivity index (χ3n) is 4.96. The smallest absolute Gasteiger partial charge is 0.230 e. The minimum atomic E-state index is 0.0452. The van der Waals surface area contributed by atoms with Crippen LogP contribution in [0.15, 0.2) is 54.6 Å². The van der Waals surface area contributed by atoms with Gasteiger partial charge in [-0.15, -0.1) is 0 Å². The van der Waals surface area contributed by atoms with E-state index in [2.05, 4.69) is 49.4 Å². The molecule has 0 bridgehead atoms. The Labute approximate surface area is 139 Å². The molecule has 2 aromatic carbocycles. The van der Waals surface area contributed by atoms with E-state index in [1.54, 1.807) is 0 Å². The minimum absolute atomic E-state index is 0.0452. The number of anilines is 1. The summed E-state index contributed by atoms with van der Waals surface area (Å²) < 4.78 is 0. The van der Waals surface area contributed by atoms with Crippen LogP contribution in [-0.4, -0.2) is 13.0 Å². The maximum absolute atomic E-state index is 13.0. The molecule has 0 fully saturated rings. The highest BCUT2D eigenvalue weighted by atomic mass is 16.2. The summed E-state index contributed by atoms with van der Waals surface area (Å²) in [7, 11) is 1.91. The molecule has 23 heavy (non-hydrogen) atoms. The highest BCUT2D eigenvalue weighted by Gasteiger charge is 2.38. The van der Waals surface area contributed by atoms with E-state index in [1.807, 2.05) is 24.1 Å². The van der Waals surface area contributed by atoms with Gasteiger partial charge in [-0.25, -0.2) is 0 Å². The monoisotopic (exact) mass is 307 g/mol. The van der Waals surface area contributed by atoms with Gasteiger partial charge in [0, 0.05) is 24.6 Å². The quantitative estimate of drug-likeness (QED) is 0.712. The number of rotatable bonds is 5. The fourth-order valence-corrected chi connectivity index (χ4v) is 3.76. The molecule has 1 amide bonds. The standard InChI is InChI=1S/C21H25NO/c1-3-4-6-14-18-20(16-11-7-5-8-12-16)17-13-9-10-15-19(17)22(2)21(18)23/h5,7-13,15,18,20H,3-4,6,14H2,1-2H3. The fourth-order valence-electron chi connectivity index (χ4n) is 3.76. The molecule has 1 aliphatic heterocycles. The maximum Gasteiger partial charge on any atom is 0.230 e. The van der Waals surface area contributed by atoms with Crippen molar-refractivity contribution in [3.05, 3.63) is 65.7 Å². The summed E-state index contributed by atoms with van der Waals surface area (Å²) in [5.41, 5.74) is 3.59. The zero-order valence-corrected chi connectivity index (χ0v) is 14.0. The summed E-state index contributed by atoms with van der Waals surface area (Å²) in [6.07, 6.45) is 4.46. The molecule has 0 aromatic heterocycles. The van der Waals surface area contributed by atoms with Gasteiger partial charge in [0.1, 0.15) is 0 Å². The van der Waals surface area contributed by atoms with Gasteiger partial charge < -0.3 is 4.90 Å². The average molecular weight is 307 g/mol. The molecule has 0 spiro atoms. The van der Waals surface area contributed by atoms with Crippen LogP contribution in [0, 0.1) is 5.92 Å². The average Bonchev–Trinajstić information content (AvgIpc) is 2.60. The Hall–Kier alpha value is -2.09. The van der Waals surface area contributed by atoms with Crippen LogP contribution in [0.3, 0.4) is 0 Å². The van der Waals surface area contributed by atoms with Gasteiger partial charge in [-0.05, 0) is 23.6 Å². The van der Waals surface area contributed by atoms with Gasteiger partial charge >= 0.3 is 0 Å². The predicted molar refractivity (Wildman–Crippen MR) is 95.8 cm³/mol. The molecule has 3 rings (SSSR count). The summed E-state index contributed by atoms with van der Waals surface area (Å²) in [6.45, 7) is 2.21. The second-order valence-corrected chi connectivity index (χ2v) is 6.45. The van der Waals surface area contributed by atoms with Gasteiger partial charge in [-0.2, -0.15) is 0 Å². The number of fused-ring (bicyclic) bond motifs is 1. The summed E-state index contributed by atoms with van der Waals surface area (Å²) in [6, 6.07) is 18.9. The lowest BCUT2D eigenvalue weighted by Crippen LogP contribution is -2.41. The third-order valence-corrected chi connectivity index (χ3v) is 4.96. The molecule has 2 aromatic rings. The molecule has 0 aliphatic carbocycles. The van der Waals surface area contributed by atoms with Gasteiger partial charge in [0.25, 0.3) is 0 Å². The first-order valence-corrected chi connectivity index (χ1v) is 8.65. The first-order valence-electron chi connectivity index (χ1n) is 8.65. The van der Waals surface area contributed by atoms with Crippen LogP contribution in [0.5, 0.6) is 0 Å². The number of benzene rings is 2. The van der Waals surface area contributed by atoms with Crippen molar-refractivity contribution < 1.29 is 4.79 Å². The first-order chi connectivity index (χ1) is 11.2. The number of hydrogen-bond donors (Lipinski definition) is 0. The SMILES string of the molecule is CCCCCC1C(=O)N(C)c2ccccc2C1c1ccccc1. The number of para-hydroxylation sites is 1. The van der Waals surface area contributed by atoms with Crippen LogP contribution >= 0.6 is 0 Å². The number of amides is 1. The first kappa shape index (κ1) is 15.8. The minimum Gasteiger partial charge on any atom is -0.315 e. The van der Waals surface area contributed by atoms with E-state index < -0.39 is 0 Å². The number of hydrogen-bond acceptors (Lipinski definition) is 1. The Balaban J connectivity index is 2.04. The Kier molecular flexibility index (Phi) is 4.80. The molecule has 2 nitrogen and oxygen atoms in total. The van der Waals surface area contributed by atoms with Gasteiger partial charge in [0.15, 0.2) is 0 Å².